The molecule has 3 aromatic rings. The number of carbonyl (C=O) groups is 1. The van der Waals surface area contributed by atoms with Gasteiger partial charge in [0.15, 0.2) is 11.5 Å². The Morgan fingerprint density at radius 1 is 0.938 bits per heavy atom. The molecule has 166 valence electrons. The van der Waals surface area contributed by atoms with E-state index in [4.69, 9.17) is 9.47 Å². The number of methoxy groups -OCH3 is 2. The zero-order valence-corrected chi connectivity index (χ0v) is 18.5. The van der Waals surface area contributed by atoms with E-state index in [9.17, 15) is 9.90 Å². The maximum Gasteiger partial charge on any atom is 0.307 e. The van der Waals surface area contributed by atoms with Crippen LogP contribution in [0.4, 0.5) is 0 Å². The van der Waals surface area contributed by atoms with Gasteiger partial charge in [-0.1, -0.05) is 66.7 Å². The lowest BCUT2D eigenvalue weighted by atomic mass is 9.90. The molecule has 1 aliphatic heterocycles. The van der Waals surface area contributed by atoms with Crippen molar-refractivity contribution in [3.05, 3.63) is 83.9 Å². The van der Waals surface area contributed by atoms with Crippen LogP contribution >= 0.6 is 0 Å². The molecule has 0 spiro atoms. The molecule has 0 bridgehead atoms. The van der Waals surface area contributed by atoms with E-state index in [0.717, 1.165) is 29.7 Å². The zero-order chi connectivity index (χ0) is 22.5. The predicted molar refractivity (Wildman–Crippen MR) is 125 cm³/mol. The lowest BCUT2D eigenvalue weighted by Crippen LogP contribution is -2.41. The Morgan fingerprint density at radius 2 is 1.66 bits per heavy atom. The van der Waals surface area contributed by atoms with Crippen LogP contribution in [0.5, 0.6) is 11.5 Å². The quantitative estimate of drug-likeness (QED) is 0.553. The predicted octanol–water partition coefficient (Wildman–Crippen LogP) is 5.26. The van der Waals surface area contributed by atoms with Crippen molar-refractivity contribution >= 4 is 5.97 Å². The fourth-order valence-corrected chi connectivity index (χ4v) is 4.65. The van der Waals surface area contributed by atoms with Crippen LogP contribution in [0.2, 0.25) is 0 Å². The number of rotatable bonds is 7. The van der Waals surface area contributed by atoms with Crippen LogP contribution < -0.4 is 9.47 Å². The lowest BCUT2D eigenvalue weighted by molar-refractivity contribution is -0.143. The third-order valence-electron chi connectivity index (χ3n) is 6.23. The Morgan fingerprint density at radius 3 is 2.31 bits per heavy atom. The second kappa shape index (κ2) is 9.88. The summed E-state index contributed by atoms with van der Waals surface area (Å²) in [5.41, 5.74) is 4.39. The highest BCUT2D eigenvalue weighted by Gasteiger charge is 2.33. The first-order valence-corrected chi connectivity index (χ1v) is 11.0. The summed E-state index contributed by atoms with van der Waals surface area (Å²) < 4.78 is 11.3. The van der Waals surface area contributed by atoms with Crippen molar-refractivity contribution in [2.24, 2.45) is 5.92 Å². The fraction of sp³-hybridized carbons (Fsp3) is 0.296. The first-order valence-electron chi connectivity index (χ1n) is 11.0. The summed E-state index contributed by atoms with van der Waals surface area (Å²) in [7, 11) is 3.28. The molecule has 4 rings (SSSR count). The van der Waals surface area contributed by atoms with E-state index in [-0.39, 0.29) is 12.0 Å². The number of benzene rings is 3. The third kappa shape index (κ3) is 4.48. The summed E-state index contributed by atoms with van der Waals surface area (Å²) in [6.45, 7) is 1.33. The highest BCUT2D eigenvalue weighted by molar-refractivity contribution is 5.70. The monoisotopic (exact) mass is 431 g/mol. The molecular formula is C27H29NO4. The molecule has 0 amide bonds. The van der Waals surface area contributed by atoms with E-state index in [0.29, 0.717) is 24.5 Å². The Kier molecular flexibility index (Phi) is 6.76. The standard InChI is InChI=1S/C27H29NO4/c1-31-24-12-6-11-23(26(24)32-2)25(28-17-7-10-22(18-28)27(29)30)21-15-13-20(14-16-21)19-8-4-3-5-9-19/h3-6,8-9,11-16,22,25H,7,10,17-18H2,1-2H3,(H,29,30). The average Bonchev–Trinajstić information content (AvgIpc) is 2.85. The zero-order valence-electron chi connectivity index (χ0n) is 18.5. The number of carboxylic acid groups (broad SMARTS) is 1. The van der Waals surface area contributed by atoms with E-state index in [1.807, 2.05) is 36.4 Å². The number of piperidine rings is 1. The van der Waals surface area contributed by atoms with Crippen LogP contribution in [-0.2, 0) is 4.79 Å². The van der Waals surface area contributed by atoms with Crippen LogP contribution in [0.1, 0.15) is 30.0 Å². The summed E-state index contributed by atoms with van der Waals surface area (Å²) in [5, 5.41) is 9.65. The van der Waals surface area contributed by atoms with E-state index in [2.05, 4.69) is 41.3 Å². The molecule has 0 aliphatic carbocycles. The summed E-state index contributed by atoms with van der Waals surface area (Å²) >= 11 is 0. The van der Waals surface area contributed by atoms with Gasteiger partial charge in [0.05, 0.1) is 26.2 Å². The smallest absolute Gasteiger partial charge is 0.307 e. The van der Waals surface area contributed by atoms with E-state index in [1.165, 1.54) is 5.56 Å². The van der Waals surface area contributed by atoms with Crippen LogP contribution in [-0.4, -0.2) is 43.3 Å². The van der Waals surface area contributed by atoms with Gasteiger partial charge in [0.2, 0.25) is 0 Å². The van der Waals surface area contributed by atoms with Crippen LogP contribution in [0.25, 0.3) is 11.1 Å². The Hall–Kier alpha value is -3.31. The number of likely N-dealkylation sites (tertiary alicyclic amines) is 1. The van der Waals surface area contributed by atoms with Gasteiger partial charge in [0, 0.05) is 12.1 Å². The van der Waals surface area contributed by atoms with Crippen LogP contribution in [0.3, 0.4) is 0 Å². The second-order valence-corrected chi connectivity index (χ2v) is 8.15. The molecule has 1 N–H and O–H groups in total. The third-order valence-corrected chi connectivity index (χ3v) is 6.23. The van der Waals surface area contributed by atoms with Crippen molar-refractivity contribution in [2.75, 3.05) is 27.3 Å². The van der Waals surface area contributed by atoms with E-state index >= 15 is 0 Å². The molecular weight excluding hydrogens is 402 g/mol. The summed E-state index contributed by atoms with van der Waals surface area (Å²) in [4.78, 5) is 14.0. The molecule has 5 nitrogen and oxygen atoms in total. The van der Waals surface area contributed by atoms with Gasteiger partial charge in [-0.25, -0.2) is 0 Å². The van der Waals surface area contributed by atoms with Gasteiger partial charge in [0.25, 0.3) is 0 Å². The van der Waals surface area contributed by atoms with Crippen molar-refractivity contribution < 1.29 is 19.4 Å². The normalized spacial score (nSPS) is 17.5. The molecule has 32 heavy (non-hydrogen) atoms. The van der Waals surface area contributed by atoms with E-state index in [1.54, 1.807) is 14.2 Å². The van der Waals surface area contributed by atoms with Crippen molar-refractivity contribution in [1.29, 1.82) is 0 Å². The largest absolute Gasteiger partial charge is 0.493 e. The molecule has 5 heteroatoms. The van der Waals surface area contributed by atoms with Gasteiger partial charge in [0.1, 0.15) is 0 Å². The first kappa shape index (κ1) is 21.9. The number of nitrogens with zero attached hydrogens (tertiary/aromatic N) is 1. The van der Waals surface area contributed by atoms with Crippen LogP contribution in [0, 0.1) is 5.92 Å². The minimum atomic E-state index is -0.731. The molecule has 0 saturated carbocycles. The topological polar surface area (TPSA) is 59.0 Å². The van der Waals surface area contributed by atoms with Crippen molar-refractivity contribution in [1.82, 2.24) is 4.90 Å². The highest BCUT2D eigenvalue weighted by Crippen LogP contribution is 2.41. The van der Waals surface area contributed by atoms with Crippen molar-refractivity contribution in [2.45, 2.75) is 18.9 Å². The highest BCUT2D eigenvalue weighted by atomic mass is 16.5. The minimum Gasteiger partial charge on any atom is -0.493 e. The molecule has 0 radical (unpaired) electrons. The Balaban J connectivity index is 1.77. The van der Waals surface area contributed by atoms with Gasteiger partial charge in [-0.05, 0) is 42.1 Å². The van der Waals surface area contributed by atoms with Gasteiger partial charge >= 0.3 is 5.97 Å². The molecule has 1 fully saturated rings. The number of ether oxygens (including phenoxy) is 2. The number of aliphatic carboxylic acids is 1. The Labute approximate surface area is 189 Å². The van der Waals surface area contributed by atoms with Gasteiger partial charge in [-0.3, -0.25) is 9.69 Å². The second-order valence-electron chi connectivity index (χ2n) is 8.15. The first-order chi connectivity index (χ1) is 15.6. The van der Waals surface area contributed by atoms with E-state index < -0.39 is 5.97 Å². The van der Waals surface area contributed by atoms with Gasteiger partial charge in [-0.2, -0.15) is 0 Å². The summed E-state index contributed by atoms with van der Waals surface area (Å²) in [6.07, 6.45) is 1.56. The molecule has 1 heterocycles. The fourth-order valence-electron chi connectivity index (χ4n) is 4.65. The molecule has 2 unspecified atom stereocenters. The molecule has 1 aliphatic rings. The molecule has 0 aromatic heterocycles. The van der Waals surface area contributed by atoms with Crippen molar-refractivity contribution in [3.63, 3.8) is 0 Å². The molecule has 2 atom stereocenters. The maximum absolute atomic E-state index is 11.7. The van der Waals surface area contributed by atoms with Gasteiger partial charge < -0.3 is 14.6 Å². The summed E-state index contributed by atoms with van der Waals surface area (Å²) in [5.74, 6) is 0.254. The minimum absolute atomic E-state index is 0.132. The number of hydrogen-bond donors (Lipinski definition) is 1. The maximum atomic E-state index is 11.7. The lowest BCUT2D eigenvalue weighted by Gasteiger charge is -2.38. The van der Waals surface area contributed by atoms with Crippen molar-refractivity contribution in [3.8, 4) is 22.6 Å². The van der Waals surface area contributed by atoms with Crippen LogP contribution in [0.15, 0.2) is 72.8 Å². The number of para-hydroxylation sites is 1. The van der Waals surface area contributed by atoms with Gasteiger partial charge in [-0.15, -0.1) is 0 Å². The molecule has 3 aromatic carbocycles. The SMILES string of the molecule is COc1cccc(C(c2ccc(-c3ccccc3)cc2)N2CCCC(C(=O)O)C2)c1OC. The number of hydrogen-bond acceptors (Lipinski definition) is 4. The Bertz CT molecular complexity index is 1050. The number of carboxylic acids is 1. The average molecular weight is 432 g/mol. The molecule has 1 saturated heterocycles. The summed E-state index contributed by atoms with van der Waals surface area (Å²) in [6, 6.07) is 24.6.